The van der Waals surface area contributed by atoms with Crippen LogP contribution in [0.2, 0.25) is 0 Å². The summed E-state index contributed by atoms with van der Waals surface area (Å²) < 4.78 is 30.6. The number of esters is 1. The van der Waals surface area contributed by atoms with Gasteiger partial charge in [0.1, 0.15) is 29.1 Å². The Kier molecular flexibility index (Phi) is 8.33. The van der Waals surface area contributed by atoms with Gasteiger partial charge in [-0.05, 0) is 63.4 Å². The summed E-state index contributed by atoms with van der Waals surface area (Å²) >= 11 is 0. The lowest BCUT2D eigenvalue weighted by molar-refractivity contribution is -0.143. The molecule has 0 aliphatic carbocycles. The number of rotatable bonds is 10. The van der Waals surface area contributed by atoms with Crippen molar-refractivity contribution in [1.29, 1.82) is 5.26 Å². The number of nitrogens with zero attached hydrogens (tertiary/aromatic N) is 2. The monoisotopic (exact) mass is 469 g/mol. The Bertz CT molecular complexity index is 1110. The van der Waals surface area contributed by atoms with Gasteiger partial charge in [-0.15, -0.1) is 0 Å². The number of anilines is 1. The number of aryl methyl sites for hydroxylation is 1. The fourth-order valence-electron chi connectivity index (χ4n) is 3.54. The van der Waals surface area contributed by atoms with E-state index in [4.69, 9.17) is 19.0 Å². The zero-order chi connectivity index (χ0) is 24.7. The molecule has 0 unspecified atom stereocenters. The second kappa shape index (κ2) is 11.4. The Labute approximate surface area is 198 Å². The molecule has 0 saturated heterocycles. The van der Waals surface area contributed by atoms with Gasteiger partial charge in [0.05, 0.1) is 31.6 Å². The fraction of sp³-hybridized carbons (Fsp3) is 0.360. The summed E-state index contributed by atoms with van der Waals surface area (Å²) in [6, 6.07) is 10.0. The van der Waals surface area contributed by atoms with E-state index in [9.17, 15) is 14.4 Å². The van der Waals surface area contributed by atoms with Gasteiger partial charge in [-0.2, -0.15) is 5.26 Å². The maximum atomic E-state index is 14.5. The van der Waals surface area contributed by atoms with Crippen molar-refractivity contribution in [3.63, 3.8) is 0 Å². The van der Waals surface area contributed by atoms with Crippen LogP contribution in [0, 0.1) is 17.1 Å². The third-order valence-electron chi connectivity index (χ3n) is 4.95. The molecule has 0 atom stereocenters. The normalized spacial score (nSPS) is 12.7. The maximum absolute atomic E-state index is 14.5. The Morgan fingerprint density at radius 3 is 2.76 bits per heavy atom. The quantitative estimate of drug-likeness (QED) is 0.504. The van der Waals surface area contributed by atoms with Crippen LogP contribution in [-0.4, -0.2) is 25.8 Å². The number of ether oxygens (including phenoxy) is 3. The van der Waals surface area contributed by atoms with Crippen LogP contribution >= 0.6 is 0 Å². The predicted octanol–water partition coefficient (Wildman–Crippen LogP) is 4.63. The molecule has 9 heteroatoms. The van der Waals surface area contributed by atoms with Crippen LogP contribution in [0.5, 0.6) is 11.5 Å². The smallest absolute Gasteiger partial charge is 0.305 e. The molecular formula is C25H28FN3O5. The minimum atomic E-state index is -0.451. The number of nitrogens with one attached hydrogen (secondary N) is 1. The number of hydrazine groups is 1. The first-order valence-electron chi connectivity index (χ1n) is 11.0. The first-order chi connectivity index (χ1) is 16.4. The minimum absolute atomic E-state index is 0.0658. The fourth-order valence-corrected chi connectivity index (χ4v) is 3.54. The summed E-state index contributed by atoms with van der Waals surface area (Å²) in [4.78, 5) is 17.2. The molecule has 1 aliphatic heterocycles. The van der Waals surface area contributed by atoms with Gasteiger partial charge >= 0.3 is 5.97 Å². The molecule has 0 spiro atoms. The van der Waals surface area contributed by atoms with E-state index in [2.05, 4.69) is 11.7 Å². The van der Waals surface area contributed by atoms with Crippen molar-refractivity contribution in [1.82, 2.24) is 5.59 Å². The molecule has 0 saturated carbocycles. The summed E-state index contributed by atoms with van der Waals surface area (Å²) in [7, 11) is 1.50. The van der Waals surface area contributed by atoms with Gasteiger partial charge in [-0.1, -0.05) is 5.59 Å². The molecule has 0 bridgehead atoms. The van der Waals surface area contributed by atoms with Gasteiger partial charge in [0.15, 0.2) is 5.76 Å². The lowest BCUT2D eigenvalue weighted by atomic mass is 10.1. The van der Waals surface area contributed by atoms with Gasteiger partial charge in [-0.25, -0.2) is 9.40 Å². The van der Waals surface area contributed by atoms with E-state index < -0.39 is 5.82 Å². The third-order valence-corrected chi connectivity index (χ3v) is 4.95. The predicted molar refractivity (Wildman–Crippen MR) is 124 cm³/mol. The number of carbonyl (C=O) groups is 1. The molecule has 2 aromatic rings. The van der Waals surface area contributed by atoms with Gasteiger partial charge in [0.2, 0.25) is 0 Å². The molecule has 1 heterocycles. The number of benzene rings is 2. The van der Waals surface area contributed by atoms with Gasteiger partial charge in [-0.3, -0.25) is 4.79 Å². The topological polar surface area (TPSA) is 93.0 Å². The number of nitriles is 1. The van der Waals surface area contributed by atoms with Crippen LogP contribution in [0.1, 0.15) is 50.3 Å². The lowest BCUT2D eigenvalue weighted by Crippen LogP contribution is -2.27. The summed E-state index contributed by atoms with van der Waals surface area (Å²) in [5.41, 5.74) is 4.78. The molecule has 1 aliphatic rings. The number of carbonyl (C=O) groups excluding carboxylic acids is 1. The van der Waals surface area contributed by atoms with Crippen LogP contribution in [0.15, 0.2) is 36.5 Å². The first kappa shape index (κ1) is 24.9. The Morgan fingerprint density at radius 2 is 2.09 bits per heavy atom. The second-order valence-electron chi connectivity index (χ2n) is 7.82. The number of hydrogen-bond donors (Lipinski definition) is 1. The van der Waals surface area contributed by atoms with E-state index in [1.807, 2.05) is 13.8 Å². The molecule has 8 nitrogen and oxygen atoms in total. The summed E-state index contributed by atoms with van der Waals surface area (Å²) in [6.07, 6.45) is 2.73. The van der Waals surface area contributed by atoms with Gasteiger partial charge < -0.3 is 19.0 Å². The van der Waals surface area contributed by atoms with Crippen molar-refractivity contribution in [2.45, 2.75) is 46.1 Å². The minimum Gasteiger partial charge on any atom is -0.494 e. The van der Waals surface area contributed by atoms with Crippen molar-refractivity contribution in [2.24, 2.45) is 0 Å². The van der Waals surface area contributed by atoms with E-state index >= 15 is 0 Å². The molecule has 0 radical (unpaired) electrons. The van der Waals surface area contributed by atoms with Crippen LogP contribution in [-0.2, 0) is 20.8 Å². The first-order valence-corrected chi connectivity index (χ1v) is 11.0. The highest BCUT2D eigenvalue weighted by atomic mass is 19.1. The highest BCUT2D eigenvalue weighted by Crippen LogP contribution is 2.36. The van der Waals surface area contributed by atoms with Crippen LogP contribution in [0.25, 0.3) is 5.76 Å². The van der Waals surface area contributed by atoms with E-state index in [0.717, 1.165) is 0 Å². The molecule has 3 rings (SSSR count). The van der Waals surface area contributed by atoms with Crippen molar-refractivity contribution in [3.8, 4) is 17.6 Å². The summed E-state index contributed by atoms with van der Waals surface area (Å²) in [5.74, 6) is 0.637. The van der Waals surface area contributed by atoms with Gasteiger partial charge in [0.25, 0.3) is 0 Å². The highest BCUT2D eigenvalue weighted by Gasteiger charge is 2.23. The Hall–Kier alpha value is -3.77. The second-order valence-corrected chi connectivity index (χ2v) is 7.82. The van der Waals surface area contributed by atoms with Gasteiger partial charge in [0, 0.05) is 18.1 Å². The average Bonchev–Trinajstić information content (AvgIpc) is 3.29. The lowest BCUT2D eigenvalue weighted by Gasteiger charge is -2.20. The van der Waals surface area contributed by atoms with E-state index in [-0.39, 0.29) is 18.5 Å². The average molecular weight is 470 g/mol. The molecule has 1 N–H and O–H groups in total. The molecular weight excluding hydrogens is 441 g/mol. The zero-order valence-electron chi connectivity index (χ0n) is 19.7. The van der Waals surface area contributed by atoms with E-state index in [1.165, 1.54) is 24.3 Å². The Balaban J connectivity index is 1.84. The SMILES string of the molecule is CCOC(=O)CCCc1cc(F)cc(N2C=C(c3ccc(OC(C)C)c(C#N)c3)ON2)c1OC. The number of methoxy groups -OCH3 is 1. The zero-order valence-corrected chi connectivity index (χ0v) is 19.7. The molecule has 2 aromatic carbocycles. The van der Waals surface area contributed by atoms with E-state index in [1.54, 1.807) is 31.3 Å². The molecule has 180 valence electrons. The van der Waals surface area contributed by atoms with E-state index in [0.29, 0.717) is 59.1 Å². The maximum Gasteiger partial charge on any atom is 0.305 e. The summed E-state index contributed by atoms with van der Waals surface area (Å²) in [5, 5.41) is 11.0. The highest BCUT2D eigenvalue weighted by molar-refractivity contribution is 5.72. The van der Waals surface area contributed by atoms with Crippen molar-refractivity contribution in [2.75, 3.05) is 18.7 Å². The molecule has 0 amide bonds. The van der Waals surface area contributed by atoms with Crippen molar-refractivity contribution < 1.29 is 28.2 Å². The summed E-state index contributed by atoms with van der Waals surface area (Å²) in [6.45, 7) is 5.85. The number of hydrogen-bond acceptors (Lipinski definition) is 8. The molecule has 0 fully saturated rings. The molecule has 34 heavy (non-hydrogen) atoms. The van der Waals surface area contributed by atoms with Crippen LogP contribution < -0.4 is 20.1 Å². The van der Waals surface area contributed by atoms with Crippen molar-refractivity contribution in [3.05, 3.63) is 59.0 Å². The standard InChI is InChI=1S/C25H28FN3O5/c1-5-32-24(30)8-6-7-18-12-20(26)13-21(25(18)31-4)29-15-23(34-28-29)17-9-10-22(33-16(2)3)19(11-17)14-27/h9-13,15-16,28H,5-8H2,1-4H3. The Morgan fingerprint density at radius 1 is 1.29 bits per heavy atom. The van der Waals surface area contributed by atoms with Crippen LogP contribution in [0.4, 0.5) is 10.1 Å². The van der Waals surface area contributed by atoms with Crippen molar-refractivity contribution >= 4 is 17.4 Å². The number of halogens is 1. The third kappa shape index (κ3) is 5.97. The largest absolute Gasteiger partial charge is 0.494 e. The molecule has 0 aromatic heterocycles. The van der Waals surface area contributed by atoms with Crippen LogP contribution in [0.3, 0.4) is 0 Å².